The van der Waals surface area contributed by atoms with Gasteiger partial charge < -0.3 is 24.5 Å². The summed E-state index contributed by atoms with van der Waals surface area (Å²) in [5.74, 6) is 2.78. The largest absolute Gasteiger partial charge is 0.301 e. The molecule has 0 spiro atoms. The molecule has 5 fully saturated rings. The zero-order valence-corrected chi connectivity index (χ0v) is 33.3. The molecule has 0 N–H and O–H groups in total. The lowest BCUT2D eigenvalue weighted by Crippen LogP contribution is -2.42. The van der Waals surface area contributed by atoms with Crippen molar-refractivity contribution in [3.05, 3.63) is 0 Å². The van der Waals surface area contributed by atoms with Crippen molar-refractivity contribution in [3.63, 3.8) is 0 Å². The van der Waals surface area contributed by atoms with Crippen LogP contribution in [0.3, 0.4) is 0 Å². The van der Waals surface area contributed by atoms with E-state index in [1.165, 1.54) is 123 Å². The molecule has 5 heteroatoms. The van der Waals surface area contributed by atoms with Gasteiger partial charge in [-0.15, -0.1) is 0 Å². The standard InChI is InChI=1S/C10H21N.C9H19N.C8H17N.C7H15N.C6H13N/c1-8(2)11-6-9(3)5-10(4)7-11;1-8(2)10-6-4-9(3)5-7-10;1-8(2)9-6-4-3-5-7-9;1-7(2)8-5-3-4-6-8;1-6(2)7-4-3-5-7/h8-10H,5-7H2,1-4H3;8-9H,4-7H2,1-3H3;8H,3-7H2,1-2H3;7H,3-6H2,1-2H3;6H,3-5H2,1-2H3. The number of hydrogen-bond acceptors (Lipinski definition) is 5. The lowest BCUT2D eigenvalue weighted by molar-refractivity contribution is 0.111. The second kappa shape index (κ2) is 24.0. The fourth-order valence-corrected chi connectivity index (χ4v) is 7.23. The molecule has 2 atom stereocenters. The van der Waals surface area contributed by atoms with E-state index in [1.54, 1.807) is 0 Å². The molecule has 0 aromatic heterocycles. The van der Waals surface area contributed by atoms with Crippen LogP contribution < -0.4 is 0 Å². The van der Waals surface area contributed by atoms with Crippen LogP contribution in [0.15, 0.2) is 0 Å². The fourth-order valence-electron chi connectivity index (χ4n) is 7.23. The molecule has 5 heterocycles. The molecule has 0 aliphatic carbocycles. The number of hydrogen-bond donors (Lipinski definition) is 0. The Balaban J connectivity index is 0.000000283. The van der Waals surface area contributed by atoms with Gasteiger partial charge in [-0.3, -0.25) is 0 Å². The Morgan fingerprint density at radius 3 is 0.889 bits per heavy atom. The Labute approximate surface area is 285 Å². The Morgan fingerprint density at radius 2 is 0.622 bits per heavy atom. The minimum absolute atomic E-state index is 0.736. The van der Waals surface area contributed by atoms with E-state index in [-0.39, 0.29) is 0 Å². The van der Waals surface area contributed by atoms with Crippen LogP contribution >= 0.6 is 0 Å². The van der Waals surface area contributed by atoms with Crippen LogP contribution in [-0.2, 0) is 0 Å². The van der Waals surface area contributed by atoms with Crippen LogP contribution in [0.25, 0.3) is 0 Å². The quantitative estimate of drug-likeness (QED) is 0.299. The molecule has 5 aliphatic heterocycles. The highest BCUT2D eigenvalue weighted by Crippen LogP contribution is 2.22. The summed E-state index contributed by atoms with van der Waals surface area (Å²) in [5, 5.41) is 0. The monoisotopic (exact) mass is 636 g/mol. The summed E-state index contributed by atoms with van der Waals surface area (Å²) < 4.78 is 0. The minimum atomic E-state index is 0.736. The summed E-state index contributed by atoms with van der Waals surface area (Å²) in [5.41, 5.74) is 0. The highest BCUT2D eigenvalue weighted by molar-refractivity contribution is 4.77. The van der Waals surface area contributed by atoms with E-state index < -0.39 is 0 Å². The zero-order chi connectivity index (χ0) is 33.9. The Kier molecular flexibility index (Phi) is 22.9. The second-order valence-corrected chi connectivity index (χ2v) is 16.8. The van der Waals surface area contributed by atoms with Crippen molar-refractivity contribution in [1.82, 2.24) is 24.5 Å². The topological polar surface area (TPSA) is 16.2 Å². The van der Waals surface area contributed by atoms with Gasteiger partial charge in [0, 0.05) is 43.3 Å². The molecule has 0 bridgehead atoms. The van der Waals surface area contributed by atoms with Gasteiger partial charge in [-0.25, -0.2) is 0 Å². The van der Waals surface area contributed by atoms with Gasteiger partial charge in [0.1, 0.15) is 0 Å². The van der Waals surface area contributed by atoms with Crippen molar-refractivity contribution < 1.29 is 0 Å². The van der Waals surface area contributed by atoms with Crippen molar-refractivity contribution in [2.24, 2.45) is 17.8 Å². The molecule has 270 valence electrons. The van der Waals surface area contributed by atoms with E-state index in [2.05, 4.69) is 115 Å². The van der Waals surface area contributed by atoms with Gasteiger partial charge in [-0.2, -0.15) is 0 Å². The van der Waals surface area contributed by atoms with E-state index >= 15 is 0 Å². The third-order valence-corrected chi connectivity index (χ3v) is 10.8. The normalized spacial score (nSPS) is 26.0. The van der Waals surface area contributed by atoms with Crippen molar-refractivity contribution in [3.8, 4) is 0 Å². The van der Waals surface area contributed by atoms with Crippen molar-refractivity contribution in [2.45, 2.75) is 178 Å². The van der Waals surface area contributed by atoms with E-state index in [0.717, 1.165) is 48.0 Å². The molecule has 0 aromatic carbocycles. The van der Waals surface area contributed by atoms with Gasteiger partial charge in [0.2, 0.25) is 0 Å². The molecule has 5 aliphatic rings. The van der Waals surface area contributed by atoms with E-state index in [1.807, 2.05) is 0 Å². The first-order valence-corrected chi connectivity index (χ1v) is 19.9. The molecule has 5 nitrogen and oxygen atoms in total. The van der Waals surface area contributed by atoms with E-state index in [9.17, 15) is 0 Å². The number of rotatable bonds is 5. The highest BCUT2D eigenvalue weighted by atomic mass is 15.2. The summed E-state index contributed by atoms with van der Waals surface area (Å²) in [4.78, 5) is 12.7. The summed E-state index contributed by atoms with van der Waals surface area (Å²) >= 11 is 0. The summed E-state index contributed by atoms with van der Waals surface area (Å²) in [6.07, 6.45) is 12.7. The second-order valence-electron chi connectivity index (χ2n) is 16.8. The van der Waals surface area contributed by atoms with Crippen LogP contribution in [-0.4, -0.2) is 120 Å². The molecule has 0 radical (unpaired) electrons. The molecule has 2 unspecified atom stereocenters. The molecule has 5 rings (SSSR count). The van der Waals surface area contributed by atoms with Crippen LogP contribution in [0.5, 0.6) is 0 Å². The lowest BCUT2D eigenvalue weighted by atomic mass is 9.91. The highest BCUT2D eigenvalue weighted by Gasteiger charge is 2.23. The molecule has 0 saturated carbocycles. The van der Waals surface area contributed by atoms with Gasteiger partial charge in [0.05, 0.1) is 0 Å². The van der Waals surface area contributed by atoms with Gasteiger partial charge in [0.15, 0.2) is 0 Å². The lowest BCUT2D eigenvalue weighted by Gasteiger charge is -2.37. The predicted octanol–water partition coefficient (Wildman–Crippen LogP) is 8.97. The van der Waals surface area contributed by atoms with Crippen LogP contribution in [0.1, 0.15) is 148 Å². The average Bonchev–Trinajstić information content (AvgIpc) is 3.49. The van der Waals surface area contributed by atoms with Gasteiger partial charge in [0.25, 0.3) is 0 Å². The van der Waals surface area contributed by atoms with E-state index in [4.69, 9.17) is 0 Å². The van der Waals surface area contributed by atoms with Gasteiger partial charge >= 0.3 is 0 Å². The van der Waals surface area contributed by atoms with Crippen LogP contribution in [0.2, 0.25) is 0 Å². The maximum atomic E-state index is 2.60. The average molecular weight is 636 g/mol. The SMILES string of the molecule is CC(C)N1CCC1.CC(C)N1CCCC1.CC(C)N1CCCCC1.CC1CC(C)CN(C(C)C)C1.CC1CCN(C(C)C)CC1. The third-order valence-electron chi connectivity index (χ3n) is 10.8. The molecular weight excluding hydrogens is 550 g/mol. The third kappa shape index (κ3) is 19.4. The van der Waals surface area contributed by atoms with Crippen molar-refractivity contribution >= 4 is 0 Å². The summed E-state index contributed by atoms with van der Waals surface area (Å²) in [6, 6.07) is 3.82. The first kappa shape index (κ1) is 42.8. The molecular formula is C40H85N5. The van der Waals surface area contributed by atoms with Gasteiger partial charge in [-0.05, 0) is 191 Å². The first-order valence-electron chi connectivity index (χ1n) is 19.9. The molecule has 0 aromatic rings. The number of nitrogens with zero attached hydrogens (tertiary/aromatic N) is 5. The predicted molar refractivity (Wildman–Crippen MR) is 203 cm³/mol. The number of likely N-dealkylation sites (tertiary alicyclic amines) is 5. The zero-order valence-electron chi connectivity index (χ0n) is 33.3. The smallest absolute Gasteiger partial charge is 0.00388 e. The van der Waals surface area contributed by atoms with Crippen LogP contribution in [0.4, 0.5) is 0 Å². The number of piperidine rings is 3. The van der Waals surface area contributed by atoms with Crippen molar-refractivity contribution in [1.29, 1.82) is 0 Å². The van der Waals surface area contributed by atoms with E-state index in [0.29, 0.717) is 0 Å². The Hall–Kier alpha value is -0.200. The van der Waals surface area contributed by atoms with Crippen LogP contribution in [0, 0.1) is 17.8 Å². The Morgan fingerprint density at radius 1 is 0.333 bits per heavy atom. The maximum absolute atomic E-state index is 2.60. The molecule has 45 heavy (non-hydrogen) atoms. The first-order chi connectivity index (χ1) is 21.2. The fraction of sp³-hybridized carbons (Fsp3) is 1.00. The summed E-state index contributed by atoms with van der Waals surface area (Å²) in [7, 11) is 0. The Bertz CT molecular complexity index is 658. The van der Waals surface area contributed by atoms with Gasteiger partial charge in [-0.1, -0.05) is 27.2 Å². The van der Waals surface area contributed by atoms with Crippen molar-refractivity contribution in [2.75, 3.05) is 65.4 Å². The maximum Gasteiger partial charge on any atom is 0.00388 e. The minimum Gasteiger partial charge on any atom is -0.301 e. The molecule has 0 amide bonds. The summed E-state index contributed by atoms with van der Waals surface area (Å²) in [6.45, 7) is 43.1. The molecule has 5 saturated heterocycles.